The zero-order chi connectivity index (χ0) is 13.7. The van der Waals surface area contributed by atoms with E-state index in [1.54, 1.807) is 11.8 Å². The third kappa shape index (κ3) is 3.98. The quantitative estimate of drug-likeness (QED) is 0.832. The zero-order valence-electron chi connectivity index (χ0n) is 11.7. The molecule has 2 N–H and O–H groups in total. The minimum atomic E-state index is 0.0273. The van der Waals surface area contributed by atoms with Gasteiger partial charge in [-0.05, 0) is 55.3 Å². The lowest BCUT2D eigenvalue weighted by Gasteiger charge is -2.34. The van der Waals surface area contributed by atoms with Crippen molar-refractivity contribution in [3.05, 3.63) is 29.8 Å². The minimum Gasteiger partial charge on any atom is -0.351 e. The van der Waals surface area contributed by atoms with Crippen LogP contribution < -0.4 is 10.6 Å². The number of rotatable bonds is 4. The van der Waals surface area contributed by atoms with E-state index in [0.717, 1.165) is 25.2 Å². The average molecular weight is 278 g/mol. The first-order valence-electron chi connectivity index (χ1n) is 6.76. The van der Waals surface area contributed by atoms with E-state index in [4.69, 9.17) is 0 Å². The molecule has 1 fully saturated rings. The van der Waals surface area contributed by atoms with Crippen LogP contribution in [0.1, 0.15) is 30.1 Å². The zero-order valence-corrected chi connectivity index (χ0v) is 12.5. The summed E-state index contributed by atoms with van der Waals surface area (Å²) in [5, 5.41) is 6.46. The molecule has 0 aromatic heterocycles. The first-order valence-corrected chi connectivity index (χ1v) is 7.98. The molecule has 0 saturated carbocycles. The van der Waals surface area contributed by atoms with Crippen LogP contribution in [0.2, 0.25) is 0 Å². The van der Waals surface area contributed by atoms with Crippen molar-refractivity contribution in [2.24, 2.45) is 5.41 Å². The Balaban J connectivity index is 1.89. The summed E-state index contributed by atoms with van der Waals surface area (Å²) in [5.41, 5.74) is 0.929. The molecular formula is C15H22N2OS. The van der Waals surface area contributed by atoms with Crippen LogP contribution in [0, 0.1) is 5.41 Å². The van der Waals surface area contributed by atoms with Crippen molar-refractivity contribution in [3.63, 3.8) is 0 Å². The highest BCUT2D eigenvalue weighted by Gasteiger charge is 2.27. The summed E-state index contributed by atoms with van der Waals surface area (Å²) in [6.45, 7) is 5.05. The van der Waals surface area contributed by atoms with Gasteiger partial charge in [-0.15, -0.1) is 11.8 Å². The van der Waals surface area contributed by atoms with E-state index in [2.05, 4.69) is 17.6 Å². The normalized spacial score (nSPS) is 23.1. The van der Waals surface area contributed by atoms with Gasteiger partial charge in [0.1, 0.15) is 0 Å². The van der Waals surface area contributed by atoms with Gasteiger partial charge in [-0.25, -0.2) is 0 Å². The largest absolute Gasteiger partial charge is 0.351 e. The molecule has 1 unspecified atom stereocenters. The number of thioether (sulfide) groups is 1. The smallest absolute Gasteiger partial charge is 0.251 e. The molecule has 0 aliphatic carbocycles. The predicted molar refractivity (Wildman–Crippen MR) is 80.8 cm³/mol. The van der Waals surface area contributed by atoms with Crippen LogP contribution in [0.4, 0.5) is 0 Å². The molecule has 1 aliphatic rings. The van der Waals surface area contributed by atoms with Crippen LogP contribution in [-0.2, 0) is 0 Å². The molecule has 1 saturated heterocycles. The van der Waals surface area contributed by atoms with E-state index in [0.29, 0.717) is 0 Å². The molecule has 2 rings (SSSR count). The molecule has 1 atom stereocenters. The molecule has 1 heterocycles. The van der Waals surface area contributed by atoms with E-state index in [1.807, 2.05) is 30.5 Å². The maximum absolute atomic E-state index is 12.1. The van der Waals surface area contributed by atoms with Crippen molar-refractivity contribution in [1.82, 2.24) is 10.6 Å². The predicted octanol–water partition coefficient (Wildman–Crippen LogP) is 2.53. The molecular weight excluding hydrogens is 256 g/mol. The van der Waals surface area contributed by atoms with Gasteiger partial charge >= 0.3 is 0 Å². The van der Waals surface area contributed by atoms with Gasteiger partial charge in [-0.1, -0.05) is 6.92 Å². The van der Waals surface area contributed by atoms with Gasteiger partial charge in [0, 0.05) is 23.5 Å². The molecule has 104 valence electrons. The average Bonchev–Trinajstić information content (AvgIpc) is 2.46. The highest BCUT2D eigenvalue weighted by Crippen LogP contribution is 2.24. The number of benzene rings is 1. The van der Waals surface area contributed by atoms with Gasteiger partial charge in [0.15, 0.2) is 0 Å². The van der Waals surface area contributed by atoms with Gasteiger partial charge in [0.2, 0.25) is 0 Å². The Morgan fingerprint density at radius 1 is 1.42 bits per heavy atom. The van der Waals surface area contributed by atoms with Crippen LogP contribution in [-0.4, -0.2) is 31.8 Å². The van der Waals surface area contributed by atoms with Gasteiger partial charge in [0.25, 0.3) is 5.91 Å². The van der Waals surface area contributed by atoms with E-state index in [1.165, 1.54) is 17.7 Å². The molecule has 1 aromatic rings. The van der Waals surface area contributed by atoms with E-state index in [-0.39, 0.29) is 11.3 Å². The fourth-order valence-electron chi connectivity index (χ4n) is 2.41. The van der Waals surface area contributed by atoms with Gasteiger partial charge in [-0.2, -0.15) is 0 Å². The standard InChI is InChI=1S/C15H22N2OS/c1-15(8-3-9-16-10-15)11-17-14(18)12-4-6-13(19-2)7-5-12/h4-7,16H,3,8-11H2,1-2H3,(H,17,18). The summed E-state index contributed by atoms with van der Waals surface area (Å²) in [4.78, 5) is 13.3. The molecule has 0 radical (unpaired) electrons. The maximum atomic E-state index is 12.1. The summed E-state index contributed by atoms with van der Waals surface area (Å²) in [7, 11) is 0. The van der Waals surface area contributed by atoms with Crippen LogP contribution in [0.15, 0.2) is 29.2 Å². The fourth-order valence-corrected chi connectivity index (χ4v) is 2.82. The number of carbonyl (C=O) groups is 1. The van der Waals surface area contributed by atoms with Crippen molar-refractivity contribution in [2.45, 2.75) is 24.7 Å². The van der Waals surface area contributed by atoms with Crippen LogP contribution >= 0.6 is 11.8 Å². The number of hydrogen-bond donors (Lipinski definition) is 2. The summed E-state index contributed by atoms with van der Waals surface area (Å²) in [6.07, 6.45) is 4.40. The molecule has 0 bridgehead atoms. The Morgan fingerprint density at radius 3 is 2.74 bits per heavy atom. The van der Waals surface area contributed by atoms with Crippen molar-refractivity contribution < 1.29 is 4.79 Å². The topological polar surface area (TPSA) is 41.1 Å². The highest BCUT2D eigenvalue weighted by molar-refractivity contribution is 7.98. The monoisotopic (exact) mass is 278 g/mol. The number of piperidine rings is 1. The summed E-state index contributed by atoms with van der Waals surface area (Å²) >= 11 is 1.68. The summed E-state index contributed by atoms with van der Waals surface area (Å²) in [5.74, 6) is 0.0273. The Hall–Kier alpha value is -1.00. The maximum Gasteiger partial charge on any atom is 0.251 e. The lowest BCUT2D eigenvalue weighted by atomic mass is 9.83. The Labute approximate surface area is 119 Å². The second kappa shape index (κ2) is 6.44. The van der Waals surface area contributed by atoms with Crippen LogP contribution in [0.5, 0.6) is 0 Å². The van der Waals surface area contributed by atoms with Crippen molar-refractivity contribution in [1.29, 1.82) is 0 Å². The minimum absolute atomic E-state index is 0.0273. The lowest BCUT2D eigenvalue weighted by molar-refractivity contribution is 0.0924. The molecule has 1 aromatic carbocycles. The number of nitrogens with one attached hydrogen (secondary N) is 2. The Morgan fingerprint density at radius 2 is 2.16 bits per heavy atom. The van der Waals surface area contributed by atoms with E-state index < -0.39 is 0 Å². The number of carbonyl (C=O) groups excluding carboxylic acids is 1. The molecule has 3 nitrogen and oxygen atoms in total. The second-order valence-electron chi connectivity index (χ2n) is 5.50. The highest BCUT2D eigenvalue weighted by atomic mass is 32.2. The first-order chi connectivity index (χ1) is 9.13. The Kier molecular flexibility index (Phi) is 4.88. The molecule has 0 spiro atoms. The number of hydrogen-bond acceptors (Lipinski definition) is 3. The van der Waals surface area contributed by atoms with E-state index >= 15 is 0 Å². The first kappa shape index (κ1) is 14.4. The van der Waals surface area contributed by atoms with Crippen molar-refractivity contribution in [3.8, 4) is 0 Å². The third-order valence-corrected chi connectivity index (χ3v) is 4.46. The molecule has 19 heavy (non-hydrogen) atoms. The second-order valence-corrected chi connectivity index (χ2v) is 6.38. The summed E-state index contributed by atoms with van der Waals surface area (Å²) in [6, 6.07) is 7.76. The van der Waals surface area contributed by atoms with Gasteiger partial charge < -0.3 is 10.6 Å². The summed E-state index contributed by atoms with van der Waals surface area (Å²) < 4.78 is 0. The molecule has 1 aliphatic heterocycles. The molecule has 4 heteroatoms. The van der Waals surface area contributed by atoms with Crippen LogP contribution in [0.3, 0.4) is 0 Å². The third-order valence-electron chi connectivity index (χ3n) is 3.71. The van der Waals surface area contributed by atoms with Gasteiger partial charge in [0.05, 0.1) is 0 Å². The molecule has 1 amide bonds. The lowest BCUT2D eigenvalue weighted by Crippen LogP contribution is -2.45. The van der Waals surface area contributed by atoms with Crippen LogP contribution in [0.25, 0.3) is 0 Å². The Bertz CT molecular complexity index is 424. The van der Waals surface area contributed by atoms with Crippen molar-refractivity contribution in [2.75, 3.05) is 25.9 Å². The van der Waals surface area contributed by atoms with E-state index in [9.17, 15) is 4.79 Å². The fraction of sp³-hybridized carbons (Fsp3) is 0.533. The van der Waals surface area contributed by atoms with Gasteiger partial charge in [-0.3, -0.25) is 4.79 Å². The number of amides is 1. The van der Waals surface area contributed by atoms with Crippen molar-refractivity contribution >= 4 is 17.7 Å². The SMILES string of the molecule is CSc1ccc(C(=O)NCC2(C)CCCNC2)cc1.